The summed E-state index contributed by atoms with van der Waals surface area (Å²) in [5.74, 6) is -0.855. The van der Waals surface area contributed by atoms with Gasteiger partial charge in [-0.25, -0.2) is 4.98 Å². The zero-order valence-electron chi connectivity index (χ0n) is 22.8. The maximum Gasteiger partial charge on any atom is 0.246 e. The van der Waals surface area contributed by atoms with E-state index in [2.05, 4.69) is 31.5 Å². The first-order valence-corrected chi connectivity index (χ1v) is 15.1. The minimum absolute atomic E-state index is 0.0558. The Balaban J connectivity index is 1.69. The van der Waals surface area contributed by atoms with Crippen molar-refractivity contribution in [3.63, 3.8) is 0 Å². The zero-order chi connectivity index (χ0) is 28.0. The van der Waals surface area contributed by atoms with Crippen molar-refractivity contribution in [3.8, 4) is 10.4 Å². The molecule has 2 unspecified atom stereocenters. The molecule has 1 aliphatic heterocycles. The number of aromatic nitrogens is 1. The molecule has 0 saturated carbocycles. The Morgan fingerprint density at radius 2 is 1.87 bits per heavy atom. The van der Waals surface area contributed by atoms with E-state index in [0.29, 0.717) is 6.42 Å². The third-order valence-electron chi connectivity index (χ3n) is 6.85. The van der Waals surface area contributed by atoms with E-state index >= 15 is 0 Å². The van der Waals surface area contributed by atoms with Crippen LogP contribution in [0.2, 0.25) is 0 Å². The molecule has 0 radical (unpaired) electrons. The third-order valence-corrected chi connectivity index (χ3v) is 8.39. The van der Waals surface area contributed by atoms with Crippen LogP contribution in [0.25, 0.3) is 10.4 Å². The molecule has 8 nitrogen and oxygen atoms in total. The van der Waals surface area contributed by atoms with Crippen molar-refractivity contribution in [1.82, 2.24) is 20.5 Å². The fourth-order valence-corrected chi connectivity index (χ4v) is 5.84. The number of carbonyl (C=O) groups is 3. The molecule has 0 aliphatic carbocycles. The molecule has 2 aromatic rings. The monoisotopic (exact) mass is 606 g/mol. The molecule has 3 rings (SSSR count). The molecule has 2 heterocycles. The van der Waals surface area contributed by atoms with Gasteiger partial charge >= 0.3 is 0 Å². The van der Waals surface area contributed by atoms with E-state index in [9.17, 15) is 19.5 Å². The van der Waals surface area contributed by atoms with Crippen molar-refractivity contribution in [2.24, 2.45) is 5.41 Å². The smallest absolute Gasteiger partial charge is 0.246 e. The lowest BCUT2D eigenvalue weighted by Crippen LogP contribution is -2.57. The average Bonchev–Trinajstić information content (AvgIpc) is 3.47. The molecule has 38 heavy (non-hydrogen) atoms. The van der Waals surface area contributed by atoms with Crippen LogP contribution in [0.15, 0.2) is 29.8 Å². The molecule has 3 amide bonds. The Kier molecular flexibility index (Phi) is 10.5. The summed E-state index contributed by atoms with van der Waals surface area (Å²) in [7, 11) is 0. The highest BCUT2D eigenvalue weighted by atomic mass is 79.9. The fraction of sp³-hybridized carbons (Fsp3) is 0.571. The third kappa shape index (κ3) is 7.64. The number of nitrogens with zero attached hydrogens (tertiary/aromatic N) is 2. The predicted molar refractivity (Wildman–Crippen MR) is 154 cm³/mol. The Labute approximate surface area is 237 Å². The van der Waals surface area contributed by atoms with Gasteiger partial charge in [-0.1, -0.05) is 61.0 Å². The Hall–Kier alpha value is -2.30. The number of carbonyl (C=O) groups excluding carboxylic acids is 3. The summed E-state index contributed by atoms with van der Waals surface area (Å²) < 4.78 is 0. The molecule has 1 aliphatic rings. The predicted octanol–water partition coefficient (Wildman–Crippen LogP) is 4.35. The number of unbranched alkanes of at least 4 members (excludes halogenated alkanes) is 1. The number of thiazole rings is 1. The molecule has 1 aromatic heterocycles. The molecule has 4 atom stereocenters. The minimum atomic E-state index is -0.811. The summed E-state index contributed by atoms with van der Waals surface area (Å²) in [6.45, 7) is 9.58. The summed E-state index contributed by atoms with van der Waals surface area (Å²) >= 11 is 4.95. The van der Waals surface area contributed by atoms with E-state index in [1.165, 1.54) is 4.90 Å². The second kappa shape index (κ2) is 13.2. The first-order chi connectivity index (χ1) is 17.9. The van der Waals surface area contributed by atoms with E-state index in [-0.39, 0.29) is 36.7 Å². The summed E-state index contributed by atoms with van der Waals surface area (Å²) in [6, 6.07) is 6.08. The van der Waals surface area contributed by atoms with Crippen molar-refractivity contribution < 1.29 is 19.5 Å². The number of likely N-dealkylation sites (tertiary alicyclic amines) is 1. The highest BCUT2D eigenvalue weighted by molar-refractivity contribution is 9.09. The highest BCUT2D eigenvalue weighted by Gasteiger charge is 2.44. The van der Waals surface area contributed by atoms with Gasteiger partial charge in [0.05, 0.1) is 28.2 Å². The van der Waals surface area contributed by atoms with Gasteiger partial charge in [-0.3, -0.25) is 14.4 Å². The van der Waals surface area contributed by atoms with E-state index in [1.54, 1.807) is 11.3 Å². The van der Waals surface area contributed by atoms with Crippen LogP contribution in [0.4, 0.5) is 0 Å². The Morgan fingerprint density at radius 1 is 1.18 bits per heavy atom. The first kappa shape index (κ1) is 30.2. The van der Waals surface area contributed by atoms with Gasteiger partial charge in [-0.15, -0.1) is 11.3 Å². The molecule has 208 valence electrons. The number of amides is 3. The van der Waals surface area contributed by atoms with Crippen molar-refractivity contribution in [2.45, 2.75) is 84.5 Å². The zero-order valence-corrected chi connectivity index (χ0v) is 25.2. The highest BCUT2D eigenvalue weighted by Crippen LogP contribution is 2.29. The van der Waals surface area contributed by atoms with Crippen molar-refractivity contribution in [2.75, 3.05) is 11.9 Å². The van der Waals surface area contributed by atoms with Crippen molar-refractivity contribution in [3.05, 3.63) is 41.0 Å². The average molecular weight is 608 g/mol. The van der Waals surface area contributed by atoms with Crippen LogP contribution in [0.3, 0.4) is 0 Å². The van der Waals surface area contributed by atoms with Gasteiger partial charge < -0.3 is 20.6 Å². The standard InChI is InChI=1S/C28H39BrN4O4S/c1-17(19-9-11-20(12-10-19)24-18(2)30-16-38-24)31-26(36)22-14-21(34)15-33(22)27(37)25(28(3,4)5)32-23(35)8-6-7-13-29/h9-12,16-17,21-22,25,34H,6-8,13-15H2,1-5H3,(H,31,36)(H,32,35)/t17?,21-,22+,25?/m1/s1. The Morgan fingerprint density at radius 3 is 2.45 bits per heavy atom. The Bertz CT molecular complexity index is 1110. The van der Waals surface area contributed by atoms with E-state index in [4.69, 9.17) is 0 Å². The second-order valence-electron chi connectivity index (χ2n) is 11.0. The number of hydrogen-bond acceptors (Lipinski definition) is 6. The lowest BCUT2D eigenvalue weighted by atomic mass is 9.85. The van der Waals surface area contributed by atoms with Crippen molar-refractivity contribution in [1.29, 1.82) is 0 Å². The number of aliphatic hydroxyl groups excluding tert-OH is 1. The van der Waals surface area contributed by atoms with Gasteiger partial charge in [-0.2, -0.15) is 0 Å². The van der Waals surface area contributed by atoms with Crippen LogP contribution >= 0.6 is 27.3 Å². The van der Waals surface area contributed by atoms with E-state index in [1.807, 2.05) is 64.4 Å². The molecule has 1 fully saturated rings. The molecule has 1 saturated heterocycles. The number of nitrogens with one attached hydrogen (secondary N) is 2. The number of aliphatic hydroxyl groups is 1. The maximum absolute atomic E-state index is 13.7. The SMILES string of the molecule is Cc1ncsc1-c1ccc(C(C)NC(=O)[C@@H]2C[C@@H](O)CN2C(=O)C(NC(=O)CCCCBr)C(C)(C)C)cc1. The number of halogens is 1. The fourth-order valence-electron chi connectivity index (χ4n) is 4.63. The minimum Gasteiger partial charge on any atom is -0.391 e. The van der Waals surface area contributed by atoms with E-state index < -0.39 is 23.6 Å². The number of benzene rings is 1. The summed E-state index contributed by atoms with van der Waals surface area (Å²) in [5, 5.41) is 17.1. The van der Waals surface area contributed by atoms with Crippen LogP contribution in [0, 0.1) is 12.3 Å². The summed E-state index contributed by atoms with van der Waals surface area (Å²) in [4.78, 5) is 46.4. The molecule has 3 N–H and O–H groups in total. The lowest BCUT2D eigenvalue weighted by molar-refractivity contribution is -0.144. The van der Waals surface area contributed by atoms with Crippen LogP contribution in [-0.2, 0) is 14.4 Å². The van der Waals surface area contributed by atoms with Crippen molar-refractivity contribution >= 4 is 45.0 Å². The molecule has 0 bridgehead atoms. The molecule has 0 spiro atoms. The molecular formula is C28H39BrN4O4S. The molecule has 10 heteroatoms. The second-order valence-corrected chi connectivity index (χ2v) is 12.7. The lowest BCUT2D eigenvalue weighted by Gasteiger charge is -2.35. The summed E-state index contributed by atoms with van der Waals surface area (Å²) in [5.41, 5.74) is 4.25. The summed E-state index contributed by atoms with van der Waals surface area (Å²) in [6.07, 6.45) is 1.27. The van der Waals surface area contributed by atoms with Gasteiger partial charge in [0.15, 0.2) is 0 Å². The van der Waals surface area contributed by atoms with Crippen LogP contribution in [0.5, 0.6) is 0 Å². The van der Waals surface area contributed by atoms with Gasteiger partial charge in [-0.05, 0) is 43.2 Å². The normalized spacial score (nSPS) is 19.2. The number of alkyl halides is 1. The molecule has 1 aromatic carbocycles. The van der Waals surface area contributed by atoms with E-state index in [0.717, 1.165) is 39.9 Å². The maximum atomic E-state index is 13.7. The topological polar surface area (TPSA) is 112 Å². The van der Waals surface area contributed by atoms with Gasteiger partial charge in [0.25, 0.3) is 0 Å². The number of aryl methyl sites for hydroxylation is 1. The number of β-amino-alcohol motifs (C(OH)–C–C–N with tert-alkyl or cyclic N) is 1. The van der Waals surface area contributed by atoms with Crippen LogP contribution < -0.4 is 10.6 Å². The van der Waals surface area contributed by atoms with Gasteiger partial charge in [0, 0.05) is 24.7 Å². The largest absolute Gasteiger partial charge is 0.391 e. The van der Waals surface area contributed by atoms with Crippen LogP contribution in [0.1, 0.15) is 70.7 Å². The quantitative estimate of drug-likeness (QED) is 0.275. The van der Waals surface area contributed by atoms with Crippen LogP contribution in [-0.4, -0.2) is 62.8 Å². The first-order valence-electron chi connectivity index (χ1n) is 13.1. The molecular weight excluding hydrogens is 568 g/mol. The number of hydrogen-bond donors (Lipinski definition) is 3. The number of rotatable bonds is 10. The van der Waals surface area contributed by atoms with Gasteiger partial charge in [0.2, 0.25) is 17.7 Å². The van der Waals surface area contributed by atoms with Gasteiger partial charge in [0.1, 0.15) is 12.1 Å².